The molecule has 1 unspecified atom stereocenters. The molecule has 0 radical (unpaired) electrons. The average Bonchev–Trinajstić information content (AvgIpc) is 2.42. The van der Waals surface area contributed by atoms with E-state index in [1.165, 1.54) is 24.0 Å². The number of nitrogens with two attached hydrogens (primary N) is 1. The molecule has 3 N–H and O–H groups in total. The summed E-state index contributed by atoms with van der Waals surface area (Å²) in [5, 5.41) is 13.5. The maximum Gasteiger partial charge on any atom is 0.287 e. The number of thioether (sulfide) groups is 1. The Labute approximate surface area is 115 Å². The van der Waals surface area contributed by atoms with Gasteiger partial charge in [-0.25, -0.2) is 4.98 Å². The molecule has 0 spiro atoms. The van der Waals surface area contributed by atoms with Gasteiger partial charge in [0.15, 0.2) is 0 Å². The van der Waals surface area contributed by atoms with Gasteiger partial charge in [-0.2, -0.15) is 0 Å². The van der Waals surface area contributed by atoms with Crippen LogP contribution in [0.3, 0.4) is 0 Å². The van der Waals surface area contributed by atoms with E-state index >= 15 is 0 Å². The smallest absolute Gasteiger partial charge is 0.287 e. The standard InChI is InChI=1S/C11H16N4O3S/c1-2-9(11(16)13-6-5-12)19-10-4-3-8(7-14-10)15(17)18/h3-4,7,9H,2,5-6,12H2,1H3,(H,13,16). The molecule has 1 aromatic rings. The van der Waals surface area contributed by atoms with Crippen LogP contribution in [-0.2, 0) is 4.79 Å². The van der Waals surface area contributed by atoms with Crippen LogP contribution in [0.2, 0.25) is 0 Å². The van der Waals surface area contributed by atoms with Crippen molar-refractivity contribution in [2.75, 3.05) is 13.1 Å². The van der Waals surface area contributed by atoms with Crippen LogP contribution < -0.4 is 11.1 Å². The third-order valence-corrected chi connectivity index (χ3v) is 3.62. The fourth-order valence-corrected chi connectivity index (χ4v) is 2.24. The van der Waals surface area contributed by atoms with Crippen LogP contribution in [0, 0.1) is 10.1 Å². The number of pyridine rings is 1. The molecular weight excluding hydrogens is 268 g/mol. The largest absolute Gasteiger partial charge is 0.354 e. The number of nitrogens with one attached hydrogen (secondary N) is 1. The number of hydrogen-bond acceptors (Lipinski definition) is 6. The molecule has 104 valence electrons. The predicted molar refractivity (Wildman–Crippen MR) is 72.9 cm³/mol. The van der Waals surface area contributed by atoms with Crippen molar-refractivity contribution in [3.05, 3.63) is 28.4 Å². The number of amides is 1. The molecule has 0 saturated carbocycles. The molecule has 1 heterocycles. The zero-order valence-electron chi connectivity index (χ0n) is 10.5. The lowest BCUT2D eigenvalue weighted by molar-refractivity contribution is -0.385. The quantitative estimate of drug-likeness (QED) is 0.438. The maximum atomic E-state index is 11.8. The van der Waals surface area contributed by atoms with Gasteiger partial charge in [-0.1, -0.05) is 18.7 Å². The molecule has 8 heteroatoms. The molecule has 1 rings (SSSR count). The molecule has 1 atom stereocenters. The number of hydrogen-bond donors (Lipinski definition) is 2. The van der Waals surface area contributed by atoms with Crippen molar-refractivity contribution in [3.63, 3.8) is 0 Å². The van der Waals surface area contributed by atoms with E-state index in [4.69, 9.17) is 5.73 Å². The number of nitrogens with zero attached hydrogens (tertiary/aromatic N) is 2. The van der Waals surface area contributed by atoms with Gasteiger partial charge in [-0.3, -0.25) is 14.9 Å². The Hall–Kier alpha value is -1.67. The summed E-state index contributed by atoms with van der Waals surface area (Å²) in [5.41, 5.74) is 5.25. The second-order valence-electron chi connectivity index (χ2n) is 3.71. The van der Waals surface area contributed by atoms with Gasteiger partial charge in [-0.05, 0) is 12.5 Å². The van der Waals surface area contributed by atoms with E-state index in [9.17, 15) is 14.9 Å². The van der Waals surface area contributed by atoms with E-state index in [1.807, 2.05) is 6.92 Å². The highest BCUT2D eigenvalue weighted by molar-refractivity contribution is 8.00. The second-order valence-corrected chi connectivity index (χ2v) is 4.93. The Morgan fingerprint density at radius 1 is 1.63 bits per heavy atom. The van der Waals surface area contributed by atoms with Crippen LogP contribution in [0.25, 0.3) is 0 Å². The van der Waals surface area contributed by atoms with Gasteiger partial charge in [-0.15, -0.1) is 0 Å². The number of aromatic nitrogens is 1. The monoisotopic (exact) mass is 284 g/mol. The molecule has 0 aliphatic heterocycles. The lowest BCUT2D eigenvalue weighted by atomic mass is 10.3. The zero-order valence-corrected chi connectivity index (χ0v) is 11.4. The van der Waals surface area contributed by atoms with Gasteiger partial charge in [0.2, 0.25) is 5.91 Å². The first-order valence-corrected chi connectivity index (χ1v) is 6.71. The fourth-order valence-electron chi connectivity index (χ4n) is 1.33. The third-order valence-electron chi connectivity index (χ3n) is 2.30. The summed E-state index contributed by atoms with van der Waals surface area (Å²) in [6.07, 6.45) is 1.83. The van der Waals surface area contributed by atoms with Gasteiger partial charge < -0.3 is 11.1 Å². The van der Waals surface area contributed by atoms with E-state index in [0.717, 1.165) is 0 Å². The molecule has 19 heavy (non-hydrogen) atoms. The lowest BCUT2D eigenvalue weighted by Gasteiger charge is -2.13. The molecule has 0 fully saturated rings. The molecule has 0 bridgehead atoms. The highest BCUT2D eigenvalue weighted by atomic mass is 32.2. The minimum atomic E-state index is -0.507. The molecule has 0 aliphatic rings. The number of carbonyl (C=O) groups is 1. The summed E-state index contributed by atoms with van der Waals surface area (Å²) >= 11 is 1.28. The summed E-state index contributed by atoms with van der Waals surface area (Å²) in [4.78, 5) is 25.7. The van der Waals surface area contributed by atoms with Crippen LogP contribution in [0.1, 0.15) is 13.3 Å². The fraction of sp³-hybridized carbons (Fsp3) is 0.455. The first-order valence-electron chi connectivity index (χ1n) is 5.83. The zero-order chi connectivity index (χ0) is 14.3. The van der Waals surface area contributed by atoms with E-state index < -0.39 is 4.92 Å². The van der Waals surface area contributed by atoms with E-state index in [1.54, 1.807) is 6.07 Å². The molecule has 1 aromatic heterocycles. The molecular formula is C11H16N4O3S. The Morgan fingerprint density at radius 3 is 2.84 bits per heavy atom. The van der Waals surface area contributed by atoms with Crippen molar-refractivity contribution < 1.29 is 9.72 Å². The van der Waals surface area contributed by atoms with Crippen molar-refractivity contribution in [1.82, 2.24) is 10.3 Å². The predicted octanol–water partition coefficient (Wildman–Crippen LogP) is 0.935. The van der Waals surface area contributed by atoms with Crippen molar-refractivity contribution in [2.45, 2.75) is 23.6 Å². The first-order chi connectivity index (χ1) is 9.08. The van der Waals surface area contributed by atoms with Crippen LogP contribution in [0.15, 0.2) is 23.4 Å². The Bertz CT molecular complexity index is 438. The van der Waals surface area contributed by atoms with Crippen molar-refractivity contribution in [3.8, 4) is 0 Å². The first kappa shape index (κ1) is 15.4. The Morgan fingerprint density at radius 2 is 2.37 bits per heavy atom. The number of nitro groups is 1. The summed E-state index contributed by atoms with van der Waals surface area (Å²) in [6, 6.07) is 2.92. The van der Waals surface area contributed by atoms with Gasteiger partial charge >= 0.3 is 0 Å². The van der Waals surface area contributed by atoms with E-state index in [-0.39, 0.29) is 16.8 Å². The van der Waals surface area contributed by atoms with Crippen LogP contribution in [-0.4, -0.2) is 34.2 Å². The average molecular weight is 284 g/mol. The van der Waals surface area contributed by atoms with E-state index in [0.29, 0.717) is 24.5 Å². The molecule has 0 saturated heterocycles. The van der Waals surface area contributed by atoms with Crippen LogP contribution >= 0.6 is 11.8 Å². The van der Waals surface area contributed by atoms with Crippen molar-refractivity contribution >= 4 is 23.4 Å². The highest BCUT2D eigenvalue weighted by Gasteiger charge is 2.18. The number of rotatable bonds is 7. The Kier molecular flexibility index (Phi) is 6.23. The van der Waals surface area contributed by atoms with Gasteiger partial charge in [0.05, 0.1) is 15.2 Å². The van der Waals surface area contributed by atoms with Gasteiger partial charge in [0.1, 0.15) is 6.20 Å². The molecule has 0 aliphatic carbocycles. The second kappa shape index (κ2) is 7.70. The van der Waals surface area contributed by atoms with Gasteiger partial charge in [0.25, 0.3) is 5.69 Å². The topological polar surface area (TPSA) is 111 Å². The third kappa shape index (κ3) is 4.84. The van der Waals surface area contributed by atoms with Crippen LogP contribution in [0.4, 0.5) is 5.69 Å². The minimum Gasteiger partial charge on any atom is -0.354 e. The highest BCUT2D eigenvalue weighted by Crippen LogP contribution is 2.24. The SMILES string of the molecule is CCC(Sc1ccc([N+](=O)[O-])cn1)C(=O)NCCN. The Balaban J connectivity index is 2.65. The normalized spacial score (nSPS) is 11.9. The minimum absolute atomic E-state index is 0.0648. The molecule has 1 amide bonds. The van der Waals surface area contributed by atoms with E-state index in [2.05, 4.69) is 10.3 Å². The lowest BCUT2D eigenvalue weighted by Crippen LogP contribution is -2.35. The summed E-state index contributed by atoms with van der Waals surface area (Å²) in [6.45, 7) is 2.72. The summed E-state index contributed by atoms with van der Waals surface area (Å²) in [7, 11) is 0. The molecule has 7 nitrogen and oxygen atoms in total. The molecule has 0 aromatic carbocycles. The summed E-state index contributed by atoms with van der Waals surface area (Å²) < 4.78 is 0. The maximum absolute atomic E-state index is 11.8. The van der Waals surface area contributed by atoms with Gasteiger partial charge in [0, 0.05) is 19.2 Å². The van der Waals surface area contributed by atoms with Crippen LogP contribution in [0.5, 0.6) is 0 Å². The number of carbonyl (C=O) groups excluding carboxylic acids is 1. The summed E-state index contributed by atoms with van der Waals surface area (Å²) in [5.74, 6) is -0.0990. The van der Waals surface area contributed by atoms with Crippen molar-refractivity contribution in [2.24, 2.45) is 5.73 Å². The van der Waals surface area contributed by atoms with Crippen molar-refractivity contribution in [1.29, 1.82) is 0 Å².